The first kappa shape index (κ1) is 21.7. The molecule has 0 unspecified atom stereocenters. The van der Waals surface area contributed by atoms with Gasteiger partial charge < -0.3 is 19.7 Å². The van der Waals surface area contributed by atoms with Crippen LogP contribution in [0.4, 0.5) is 0 Å². The number of nitrogens with one attached hydrogen (secondary N) is 1. The lowest BCUT2D eigenvalue weighted by molar-refractivity contribution is -0.133. The van der Waals surface area contributed by atoms with E-state index in [1.165, 1.54) is 0 Å². The Morgan fingerprint density at radius 3 is 2.66 bits per heavy atom. The zero-order valence-corrected chi connectivity index (χ0v) is 18.5. The van der Waals surface area contributed by atoms with Crippen LogP contribution in [0.2, 0.25) is 0 Å². The predicted octanol–water partition coefficient (Wildman–Crippen LogP) is 3.88. The third-order valence-electron chi connectivity index (χ3n) is 6.04. The van der Waals surface area contributed by atoms with Gasteiger partial charge in [0.05, 0.1) is 33.2 Å². The number of likely N-dealkylation sites (tertiary alicyclic amines) is 1. The number of hydrogen-bond acceptors (Lipinski definition) is 4. The van der Waals surface area contributed by atoms with Crippen molar-refractivity contribution in [3.8, 4) is 11.5 Å². The molecule has 6 nitrogen and oxygen atoms in total. The lowest BCUT2D eigenvalue weighted by atomic mass is 10.0. The summed E-state index contributed by atoms with van der Waals surface area (Å²) in [6.07, 6.45) is 1.99. The van der Waals surface area contributed by atoms with Crippen LogP contribution in [0.5, 0.6) is 11.5 Å². The summed E-state index contributed by atoms with van der Waals surface area (Å²) in [5, 5.41) is 4.96. The molecule has 1 saturated heterocycles. The third kappa shape index (κ3) is 4.54. The fraction of sp³-hybridized carbons (Fsp3) is 0.308. The van der Waals surface area contributed by atoms with Crippen molar-refractivity contribution in [3.05, 3.63) is 71.8 Å². The van der Waals surface area contributed by atoms with E-state index in [0.29, 0.717) is 6.54 Å². The van der Waals surface area contributed by atoms with Gasteiger partial charge in [-0.1, -0.05) is 42.5 Å². The van der Waals surface area contributed by atoms with Crippen LogP contribution in [0.15, 0.2) is 60.7 Å². The molecule has 0 saturated carbocycles. The molecule has 1 atom stereocenters. The molecule has 1 heterocycles. The van der Waals surface area contributed by atoms with Gasteiger partial charge in [0.25, 0.3) is 0 Å². The minimum Gasteiger partial charge on any atom is -0.497 e. The molecule has 32 heavy (non-hydrogen) atoms. The average molecular weight is 433 g/mol. The summed E-state index contributed by atoms with van der Waals surface area (Å²) >= 11 is 0. The number of amides is 2. The van der Waals surface area contributed by atoms with Gasteiger partial charge in [-0.15, -0.1) is 0 Å². The fourth-order valence-corrected chi connectivity index (χ4v) is 4.45. The van der Waals surface area contributed by atoms with E-state index in [0.717, 1.165) is 46.2 Å². The van der Waals surface area contributed by atoms with E-state index < -0.39 is 0 Å². The normalized spacial score (nSPS) is 15.6. The van der Waals surface area contributed by atoms with Crippen molar-refractivity contribution in [2.75, 3.05) is 27.3 Å². The van der Waals surface area contributed by atoms with E-state index >= 15 is 0 Å². The molecule has 166 valence electrons. The van der Waals surface area contributed by atoms with E-state index in [1.807, 2.05) is 65.6 Å². The van der Waals surface area contributed by atoms with Crippen LogP contribution < -0.4 is 14.8 Å². The molecule has 2 amide bonds. The molecule has 1 aliphatic rings. The Morgan fingerprint density at radius 2 is 1.84 bits per heavy atom. The molecule has 3 aromatic rings. The number of benzene rings is 3. The van der Waals surface area contributed by atoms with E-state index in [9.17, 15) is 9.59 Å². The van der Waals surface area contributed by atoms with Crippen LogP contribution in [0, 0.1) is 0 Å². The predicted molar refractivity (Wildman–Crippen MR) is 124 cm³/mol. The highest BCUT2D eigenvalue weighted by molar-refractivity contribution is 5.91. The van der Waals surface area contributed by atoms with Crippen LogP contribution in [0.1, 0.15) is 30.0 Å². The number of carbonyl (C=O) groups excluding carboxylic acids is 2. The standard InChI is InChI=1S/C26H28N2O4/c1-31-20-12-13-24(32-2)22(16-20)23-11-6-14-28(23)26(30)17-27-25(29)15-19-9-5-8-18-7-3-4-10-21(18)19/h3-5,7-10,12-13,16,23H,6,11,14-15,17H2,1-2H3,(H,27,29)/t23-/m0/s1. The number of carbonyl (C=O) groups is 2. The summed E-state index contributed by atoms with van der Waals surface area (Å²) in [6, 6.07) is 19.5. The lowest BCUT2D eigenvalue weighted by Crippen LogP contribution is -2.40. The van der Waals surface area contributed by atoms with Crippen LogP contribution in [0.25, 0.3) is 10.8 Å². The molecule has 3 aromatic carbocycles. The summed E-state index contributed by atoms with van der Waals surface area (Å²) < 4.78 is 10.9. The van der Waals surface area contributed by atoms with Crippen molar-refractivity contribution in [3.63, 3.8) is 0 Å². The highest BCUT2D eigenvalue weighted by atomic mass is 16.5. The monoisotopic (exact) mass is 432 g/mol. The highest BCUT2D eigenvalue weighted by Gasteiger charge is 2.32. The minimum absolute atomic E-state index is 0.0214. The molecule has 0 bridgehead atoms. The van der Waals surface area contributed by atoms with Crippen LogP contribution in [-0.4, -0.2) is 44.0 Å². The first-order valence-corrected chi connectivity index (χ1v) is 10.9. The molecule has 0 radical (unpaired) electrons. The lowest BCUT2D eigenvalue weighted by Gasteiger charge is -2.27. The van der Waals surface area contributed by atoms with Gasteiger partial charge in [0.15, 0.2) is 0 Å². The Morgan fingerprint density at radius 1 is 1.03 bits per heavy atom. The number of fused-ring (bicyclic) bond motifs is 1. The summed E-state index contributed by atoms with van der Waals surface area (Å²) in [7, 11) is 3.24. The Bertz CT molecular complexity index is 1120. The van der Waals surface area contributed by atoms with E-state index in [-0.39, 0.29) is 30.8 Å². The van der Waals surface area contributed by atoms with Gasteiger partial charge in [-0.05, 0) is 47.4 Å². The molecular formula is C26H28N2O4. The van der Waals surface area contributed by atoms with Crippen LogP contribution >= 0.6 is 0 Å². The minimum atomic E-state index is -0.163. The summed E-state index contributed by atoms with van der Waals surface area (Å²) in [5.41, 5.74) is 1.88. The number of ether oxygens (including phenoxy) is 2. The SMILES string of the molecule is COc1ccc(OC)c([C@@H]2CCCN2C(=O)CNC(=O)Cc2cccc3ccccc23)c1. The first-order valence-electron chi connectivity index (χ1n) is 10.9. The van der Waals surface area contributed by atoms with Gasteiger partial charge in [-0.25, -0.2) is 0 Å². The van der Waals surface area contributed by atoms with Crippen molar-refractivity contribution in [2.24, 2.45) is 0 Å². The molecule has 4 rings (SSSR count). The molecule has 1 aliphatic heterocycles. The van der Waals surface area contributed by atoms with Gasteiger partial charge in [0.2, 0.25) is 11.8 Å². The van der Waals surface area contributed by atoms with E-state index in [4.69, 9.17) is 9.47 Å². The second-order valence-electron chi connectivity index (χ2n) is 7.94. The van der Waals surface area contributed by atoms with Gasteiger partial charge in [0.1, 0.15) is 11.5 Å². The van der Waals surface area contributed by atoms with Crippen molar-refractivity contribution in [1.29, 1.82) is 0 Å². The second kappa shape index (κ2) is 9.73. The van der Waals surface area contributed by atoms with E-state index in [1.54, 1.807) is 14.2 Å². The smallest absolute Gasteiger partial charge is 0.242 e. The number of nitrogens with zero attached hydrogens (tertiary/aromatic N) is 1. The van der Waals surface area contributed by atoms with Gasteiger partial charge in [-0.3, -0.25) is 9.59 Å². The summed E-state index contributed by atoms with van der Waals surface area (Å²) in [5.74, 6) is 1.20. The summed E-state index contributed by atoms with van der Waals surface area (Å²) in [4.78, 5) is 27.4. The quantitative estimate of drug-likeness (QED) is 0.615. The van der Waals surface area contributed by atoms with Crippen molar-refractivity contribution in [1.82, 2.24) is 10.2 Å². The zero-order valence-electron chi connectivity index (χ0n) is 18.5. The van der Waals surface area contributed by atoms with Crippen LogP contribution in [0.3, 0.4) is 0 Å². The molecule has 0 aromatic heterocycles. The van der Waals surface area contributed by atoms with Gasteiger partial charge in [0, 0.05) is 12.1 Å². The molecule has 1 fully saturated rings. The first-order chi connectivity index (χ1) is 15.6. The molecule has 6 heteroatoms. The molecule has 0 aliphatic carbocycles. The Kier molecular flexibility index (Phi) is 6.59. The van der Waals surface area contributed by atoms with E-state index in [2.05, 4.69) is 5.32 Å². The Hall–Kier alpha value is -3.54. The van der Waals surface area contributed by atoms with Crippen molar-refractivity contribution in [2.45, 2.75) is 25.3 Å². The summed E-state index contributed by atoms with van der Waals surface area (Å²) in [6.45, 7) is 0.634. The molecular weight excluding hydrogens is 404 g/mol. The largest absolute Gasteiger partial charge is 0.497 e. The van der Waals surface area contributed by atoms with Gasteiger partial charge in [-0.2, -0.15) is 0 Å². The maximum absolute atomic E-state index is 13.0. The number of methoxy groups -OCH3 is 2. The molecule has 1 N–H and O–H groups in total. The van der Waals surface area contributed by atoms with Crippen molar-refractivity contribution < 1.29 is 19.1 Å². The Labute approximate surface area is 188 Å². The maximum Gasteiger partial charge on any atom is 0.242 e. The third-order valence-corrected chi connectivity index (χ3v) is 6.04. The zero-order chi connectivity index (χ0) is 22.5. The van der Waals surface area contributed by atoms with Crippen molar-refractivity contribution >= 4 is 22.6 Å². The highest BCUT2D eigenvalue weighted by Crippen LogP contribution is 2.38. The number of rotatable bonds is 7. The Balaban J connectivity index is 1.42. The fourth-order valence-electron chi connectivity index (χ4n) is 4.45. The molecule has 0 spiro atoms. The average Bonchev–Trinajstić information content (AvgIpc) is 3.32. The second-order valence-corrected chi connectivity index (χ2v) is 7.94. The van der Waals surface area contributed by atoms with Gasteiger partial charge >= 0.3 is 0 Å². The number of hydrogen-bond donors (Lipinski definition) is 1. The van der Waals surface area contributed by atoms with Crippen LogP contribution in [-0.2, 0) is 16.0 Å². The topological polar surface area (TPSA) is 67.9 Å². The maximum atomic E-state index is 13.0.